The monoisotopic (exact) mass is 140 g/mol. The molecule has 1 nitrogen and oxygen atoms in total. The van der Waals surface area contributed by atoms with Crippen molar-refractivity contribution < 1.29 is 0 Å². The Bertz CT molecular complexity index is 105. The van der Waals surface area contributed by atoms with Gasteiger partial charge in [0.15, 0.2) is 0 Å². The second-order valence-corrected chi connectivity index (χ2v) is 4.44. The van der Waals surface area contributed by atoms with Gasteiger partial charge in [0, 0.05) is 6.21 Å². The largest absolute Gasteiger partial charge is 0.291 e. The summed E-state index contributed by atoms with van der Waals surface area (Å²) in [5.74, 6) is 0. The highest BCUT2D eigenvalue weighted by molar-refractivity contribution is 5.64. The van der Waals surface area contributed by atoms with Crippen LogP contribution < -0.4 is 0 Å². The lowest BCUT2D eigenvalue weighted by molar-refractivity contribution is 0.581. The van der Waals surface area contributed by atoms with Gasteiger partial charge in [-0.05, 0) is 26.2 Å². The summed E-state index contributed by atoms with van der Waals surface area (Å²) in [4.78, 5) is 4.29. The molecule has 0 fully saturated rings. The lowest BCUT2D eigenvalue weighted by atomic mass is 9.98. The van der Waals surface area contributed by atoms with Crippen LogP contribution in [0.15, 0.2) is 4.99 Å². The molecule has 0 saturated heterocycles. The van der Waals surface area contributed by atoms with Gasteiger partial charge in [-0.3, -0.25) is 4.99 Å². The van der Waals surface area contributed by atoms with Gasteiger partial charge < -0.3 is 0 Å². The van der Waals surface area contributed by atoms with Crippen LogP contribution >= 0.6 is 0 Å². The third kappa shape index (κ3) is 7.67. The SMILES string of the molecule is [CH2]C(C)(C)N=CC(C)(C)C. The van der Waals surface area contributed by atoms with Crippen molar-refractivity contribution in [3.8, 4) is 0 Å². The molecule has 10 heavy (non-hydrogen) atoms. The average Bonchev–Trinajstić information content (AvgIpc) is 1.57. The molecule has 0 aromatic carbocycles. The van der Waals surface area contributed by atoms with Crippen molar-refractivity contribution in [3.63, 3.8) is 0 Å². The molecule has 0 aliphatic rings. The van der Waals surface area contributed by atoms with Crippen molar-refractivity contribution in [2.45, 2.75) is 40.2 Å². The van der Waals surface area contributed by atoms with Gasteiger partial charge in [0.1, 0.15) is 0 Å². The molecular weight excluding hydrogens is 122 g/mol. The molecule has 0 atom stereocenters. The first-order valence-electron chi connectivity index (χ1n) is 3.62. The highest BCUT2D eigenvalue weighted by atomic mass is 14.8. The van der Waals surface area contributed by atoms with Crippen LogP contribution in [0.5, 0.6) is 0 Å². The Morgan fingerprint density at radius 3 is 1.60 bits per heavy atom. The van der Waals surface area contributed by atoms with E-state index in [-0.39, 0.29) is 11.0 Å². The lowest BCUT2D eigenvalue weighted by Gasteiger charge is -2.16. The zero-order valence-corrected chi connectivity index (χ0v) is 7.73. The van der Waals surface area contributed by atoms with E-state index in [2.05, 4.69) is 32.7 Å². The summed E-state index contributed by atoms with van der Waals surface area (Å²) in [5, 5.41) is 0. The van der Waals surface area contributed by atoms with E-state index in [1.165, 1.54) is 0 Å². The van der Waals surface area contributed by atoms with Gasteiger partial charge in [-0.2, -0.15) is 0 Å². The van der Waals surface area contributed by atoms with E-state index in [0.717, 1.165) is 0 Å². The number of aliphatic imine (C=N–C) groups is 1. The molecule has 0 rings (SSSR count). The first-order chi connectivity index (χ1) is 4.21. The standard InChI is InChI=1S/C9H18N/c1-8(2,3)7-10-9(4,5)6/h7H,4H2,1-3,5-6H3. The second-order valence-electron chi connectivity index (χ2n) is 4.44. The smallest absolute Gasteiger partial charge is 0.0549 e. The molecule has 1 heteroatoms. The van der Waals surface area contributed by atoms with Gasteiger partial charge in [-0.25, -0.2) is 0 Å². The van der Waals surface area contributed by atoms with Crippen LogP contribution in [0.4, 0.5) is 0 Å². The summed E-state index contributed by atoms with van der Waals surface area (Å²) < 4.78 is 0. The number of rotatable bonds is 1. The van der Waals surface area contributed by atoms with E-state index in [1.807, 2.05) is 20.1 Å². The molecule has 0 amide bonds. The van der Waals surface area contributed by atoms with Crippen LogP contribution in [0.2, 0.25) is 0 Å². The zero-order valence-electron chi connectivity index (χ0n) is 7.73. The highest BCUT2D eigenvalue weighted by Crippen LogP contribution is 2.12. The topological polar surface area (TPSA) is 12.4 Å². The van der Waals surface area contributed by atoms with Crippen molar-refractivity contribution in [3.05, 3.63) is 6.92 Å². The van der Waals surface area contributed by atoms with Crippen LogP contribution in [-0.4, -0.2) is 11.8 Å². The highest BCUT2D eigenvalue weighted by Gasteiger charge is 2.10. The van der Waals surface area contributed by atoms with E-state index in [0.29, 0.717) is 0 Å². The molecule has 0 N–H and O–H groups in total. The number of hydrogen-bond acceptors (Lipinski definition) is 1. The predicted octanol–water partition coefficient (Wildman–Crippen LogP) is 2.72. The van der Waals surface area contributed by atoms with Crippen molar-refractivity contribution in [2.75, 3.05) is 0 Å². The summed E-state index contributed by atoms with van der Waals surface area (Å²) in [5.41, 5.74) is 0.00222. The molecule has 0 saturated carbocycles. The van der Waals surface area contributed by atoms with Gasteiger partial charge in [-0.1, -0.05) is 20.8 Å². The van der Waals surface area contributed by atoms with E-state index in [4.69, 9.17) is 0 Å². The minimum Gasteiger partial charge on any atom is -0.291 e. The minimum atomic E-state index is -0.173. The summed E-state index contributed by atoms with van der Waals surface area (Å²) in [6, 6.07) is 0. The molecule has 0 bridgehead atoms. The molecular formula is C9H18N. The Hall–Kier alpha value is -0.330. The molecule has 0 aliphatic heterocycles. The minimum absolute atomic E-state index is 0.173. The maximum absolute atomic E-state index is 4.29. The zero-order chi connectivity index (χ0) is 8.41. The Labute approximate surface area is 64.6 Å². The van der Waals surface area contributed by atoms with Crippen molar-refractivity contribution in [1.82, 2.24) is 0 Å². The average molecular weight is 140 g/mol. The van der Waals surface area contributed by atoms with Crippen LogP contribution in [-0.2, 0) is 0 Å². The van der Waals surface area contributed by atoms with E-state index >= 15 is 0 Å². The van der Waals surface area contributed by atoms with Crippen molar-refractivity contribution >= 4 is 6.21 Å². The van der Waals surface area contributed by atoms with E-state index in [9.17, 15) is 0 Å². The fourth-order valence-electron chi connectivity index (χ4n) is 0.368. The van der Waals surface area contributed by atoms with Crippen LogP contribution in [0.3, 0.4) is 0 Å². The summed E-state index contributed by atoms with van der Waals surface area (Å²) in [7, 11) is 0. The molecule has 0 spiro atoms. The Balaban J connectivity index is 4.01. The summed E-state index contributed by atoms with van der Waals surface area (Å²) in [6.07, 6.45) is 1.96. The number of nitrogens with zero attached hydrogens (tertiary/aromatic N) is 1. The van der Waals surface area contributed by atoms with Gasteiger partial charge >= 0.3 is 0 Å². The summed E-state index contributed by atoms with van der Waals surface area (Å²) >= 11 is 0. The van der Waals surface area contributed by atoms with Crippen molar-refractivity contribution in [1.29, 1.82) is 0 Å². The fraction of sp³-hybridized carbons (Fsp3) is 0.778. The Morgan fingerprint density at radius 1 is 1.10 bits per heavy atom. The molecule has 0 aliphatic carbocycles. The molecule has 0 aromatic rings. The van der Waals surface area contributed by atoms with E-state index < -0.39 is 0 Å². The van der Waals surface area contributed by atoms with Gasteiger partial charge in [0.25, 0.3) is 0 Å². The Morgan fingerprint density at radius 2 is 1.50 bits per heavy atom. The van der Waals surface area contributed by atoms with Gasteiger partial charge in [0.2, 0.25) is 0 Å². The molecule has 59 valence electrons. The first kappa shape index (κ1) is 9.67. The Kier molecular flexibility index (Phi) is 2.64. The van der Waals surface area contributed by atoms with E-state index in [1.54, 1.807) is 0 Å². The first-order valence-corrected chi connectivity index (χ1v) is 3.62. The number of hydrogen-bond donors (Lipinski definition) is 0. The van der Waals surface area contributed by atoms with Crippen LogP contribution in [0, 0.1) is 12.3 Å². The van der Waals surface area contributed by atoms with Crippen LogP contribution in [0.1, 0.15) is 34.6 Å². The third-order valence-corrected chi connectivity index (χ3v) is 0.801. The third-order valence-electron chi connectivity index (χ3n) is 0.801. The van der Waals surface area contributed by atoms with Crippen LogP contribution in [0.25, 0.3) is 0 Å². The second kappa shape index (κ2) is 2.73. The molecule has 0 heterocycles. The van der Waals surface area contributed by atoms with Crippen molar-refractivity contribution in [2.24, 2.45) is 10.4 Å². The molecule has 0 aromatic heterocycles. The van der Waals surface area contributed by atoms with Gasteiger partial charge in [-0.15, -0.1) is 0 Å². The molecule has 0 unspecified atom stereocenters. The maximum Gasteiger partial charge on any atom is 0.0549 e. The normalized spacial score (nSPS) is 14.6. The fourth-order valence-corrected chi connectivity index (χ4v) is 0.368. The lowest BCUT2D eigenvalue weighted by Crippen LogP contribution is -2.15. The maximum atomic E-state index is 4.29. The predicted molar refractivity (Wildman–Crippen MR) is 47.4 cm³/mol. The van der Waals surface area contributed by atoms with Gasteiger partial charge in [0.05, 0.1) is 5.54 Å². The quantitative estimate of drug-likeness (QED) is 0.497. The molecule has 1 radical (unpaired) electrons. The summed E-state index contributed by atoms with van der Waals surface area (Å²) in [6.45, 7) is 14.2.